The van der Waals surface area contributed by atoms with E-state index in [2.05, 4.69) is 9.97 Å². The monoisotopic (exact) mass is 280 g/mol. The number of hydrogen-bond donors (Lipinski definition) is 1. The van der Waals surface area contributed by atoms with E-state index in [0.717, 1.165) is 11.1 Å². The van der Waals surface area contributed by atoms with Crippen molar-refractivity contribution < 1.29 is 4.79 Å². The predicted molar refractivity (Wildman–Crippen MR) is 74.9 cm³/mol. The number of nitrogens with two attached hydrogens (primary N) is 1. The summed E-state index contributed by atoms with van der Waals surface area (Å²) in [5.74, 6) is 0.478. The molecule has 6 heteroatoms. The Morgan fingerprint density at radius 3 is 2.74 bits per heavy atom. The summed E-state index contributed by atoms with van der Waals surface area (Å²) < 4.78 is 1.77. The van der Waals surface area contributed by atoms with Gasteiger partial charge in [0.2, 0.25) is 5.91 Å². The van der Waals surface area contributed by atoms with Crippen LogP contribution in [0.15, 0.2) is 12.3 Å². The molecule has 0 bridgehead atoms. The van der Waals surface area contributed by atoms with Crippen LogP contribution in [0.3, 0.4) is 0 Å². The van der Waals surface area contributed by atoms with Crippen LogP contribution in [0, 0.1) is 12.8 Å². The third-order valence-corrected chi connectivity index (χ3v) is 3.41. The maximum atomic E-state index is 11.7. The van der Waals surface area contributed by atoms with E-state index in [-0.39, 0.29) is 11.8 Å². The van der Waals surface area contributed by atoms with Crippen molar-refractivity contribution in [1.82, 2.24) is 14.5 Å². The smallest absolute Gasteiger partial charge is 0.240 e. The van der Waals surface area contributed by atoms with Crippen LogP contribution >= 0.6 is 11.6 Å². The number of fused-ring (bicyclic) bond motifs is 1. The normalized spacial score (nSPS) is 13.1. The van der Waals surface area contributed by atoms with E-state index in [1.165, 1.54) is 0 Å². The quantitative estimate of drug-likeness (QED) is 0.872. The molecule has 0 aliphatic rings. The van der Waals surface area contributed by atoms with Gasteiger partial charge in [0.25, 0.3) is 0 Å². The Balaban J connectivity index is 2.76. The van der Waals surface area contributed by atoms with Crippen molar-refractivity contribution in [3.63, 3.8) is 0 Å². The zero-order valence-corrected chi connectivity index (χ0v) is 12.0. The first-order valence-corrected chi connectivity index (χ1v) is 6.68. The number of alkyl halides is 1. The van der Waals surface area contributed by atoms with Gasteiger partial charge >= 0.3 is 0 Å². The second-order valence-corrected chi connectivity index (χ2v) is 5.19. The molecule has 0 aromatic carbocycles. The highest BCUT2D eigenvalue weighted by molar-refractivity contribution is 6.16. The molecule has 19 heavy (non-hydrogen) atoms. The van der Waals surface area contributed by atoms with Crippen molar-refractivity contribution in [3.8, 4) is 0 Å². The molecule has 1 unspecified atom stereocenters. The predicted octanol–water partition coefficient (Wildman–Crippen LogP) is 2.16. The summed E-state index contributed by atoms with van der Waals surface area (Å²) in [5.41, 5.74) is 7.95. The number of halogens is 1. The topological polar surface area (TPSA) is 73.8 Å². The molecule has 0 saturated heterocycles. The lowest BCUT2D eigenvalue weighted by atomic mass is 10.0. The Hall–Kier alpha value is -1.62. The van der Waals surface area contributed by atoms with E-state index in [1.54, 1.807) is 10.8 Å². The van der Waals surface area contributed by atoms with Gasteiger partial charge in [0.15, 0.2) is 5.65 Å². The molecule has 0 aliphatic carbocycles. The highest BCUT2D eigenvalue weighted by Gasteiger charge is 2.27. The van der Waals surface area contributed by atoms with Crippen LogP contribution in [0.25, 0.3) is 11.2 Å². The molecule has 0 spiro atoms. The Kier molecular flexibility index (Phi) is 3.75. The summed E-state index contributed by atoms with van der Waals surface area (Å²) in [6.07, 6.45) is 1.70. The number of aryl methyl sites for hydroxylation is 1. The molecule has 2 heterocycles. The maximum absolute atomic E-state index is 11.7. The Morgan fingerprint density at radius 2 is 2.21 bits per heavy atom. The Morgan fingerprint density at radius 1 is 1.53 bits per heavy atom. The molecule has 2 aromatic rings. The van der Waals surface area contributed by atoms with Gasteiger partial charge in [0.1, 0.15) is 17.4 Å². The SMILES string of the molecule is Cc1ccnc2c1nc(CCl)n2C(C(N)=O)C(C)C. The van der Waals surface area contributed by atoms with Crippen LogP contribution in [-0.2, 0) is 10.7 Å². The number of rotatable bonds is 4. The zero-order chi connectivity index (χ0) is 14.2. The maximum Gasteiger partial charge on any atom is 0.240 e. The van der Waals surface area contributed by atoms with Gasteiger partial charge in [-0.25, -0.2) is 9.97 Å². The van der Waals surface area contributed by atoms with Crippen molar-refractivity contribution in [2.24, 2.45) is 11.7 Å². The lowest BCUT2D eigenvalue weighted by molar-refractivity contribution is -0.122. The number of nitrogens with zero attached hydrogens (tertiary/aromatic N) is 3. The van der Waals surface area contributed by atoms with Crippen LogP contribution in [-0.4, -0.2) is 20.4 Å². The lowest BCUT2D eigenvalue weighted by Gasteiger charge is -2.21. The molecule has 1 amide bonds. The average molecular weight is 281 g/mol. The van der Waals surface area contributed by atoms with Gasteiger partial charge in [-0.2, -0.15) is 0 Å². The molecule has 2 rings (SSSR count). The second kappa shape index (κ2) is 5.17. The minimum absolute atomic E-state index is 0.0409. The number of carbonyl (C=O) groups excluding carboxylic acids is 1. The van der Waals surface area contributed by atoms with Gasteiger partial charge in [-0.15, -0.1) is 11.6 Å². The fourth-order valence-corrected chi connectivity index (χ4v) is 2.48. The standard InChI is InChI=1S/C13H17ClN4O/c1-7(2)11(12(15)19)18-9(6-14)17-10-8(3)4-5-16-13(10)18/h4-5,7,11H,6H2,1-3H3,(H2,15,19). The number of primary amides is 1. The molecule has 0 fully saturated rings. The third kappa shape index (κ3) is 2.30. The number of carbonyl (C=O) groups is 1. The number of imidazole rings is 1. The van der Waals surface area contributed by atoms with Crippen LogP contribution in [0.5, 0.6) is 0 Å². The fourth-order valence-electron chi connectivity index (χ4n) is 2.30. The van der Waals surface area contributed by atoms with Crippen molar-refractivity contribution >= 4 is 28.7 Å². The van der Waals surface area contributed by atoms with Crippen LogP contribution < -0.4 is 5.73 Å². The molecular weight excluding hydrogens is 264 g/mol. The summed E-state index contributed by atoms with van der Waals surface area (Å²) in [6, 6.07) is 1.39. The largest absolute Gasteiger partial charge is 0.368 e. The highest BCUT2D eigenvalue weighted by Crippen LogP contribution is 2.27. The van der Waals surface area contributed by atoms with Crippen LogP contribution in [0.2, 0.25) is 0 Å². The van der Waals surface area contributed by atoms with Gasteiger partial charge in [0, 0.05) is 6.20 Å². The van der Waals surface area contributed by atoms with E-state index < -0.39 is 11.9 Å². The second-order valence-electron chi connectivity index (χ2n) is 4.92. The van der Waals surface area contributed by atoms with Gasteiger partial charge in [-0.1, -0.05) is 13.8 Å². The Labute approximate surface area is 116 Å². The van der Waals surface area contributed by atoms with E-state index in [0.29, 0.717) is 11.5 Å². The van der Waals surface area contributed by atoms with Gasteiger partial charge in [0.05, 0.1) is 5.88 Å². The van der Waals surface area contributed by atoms with Crippen LogP contribution in [0.4, 0.5) is 0 Å². The summed E-state index contributed by atoms with van der Waals surface area (Å²) in [4.78, 5) is 20.5. The van der Waals surface area contributed by atoms with Crippen molar-refractivity contribution in [2.75, 3.05) is 0 Å². The third-order valence-electron chi connectivity index (χ3n) is 3.17. The molecule has 102 valence electrons. The first-order chi connectivity index (χ1) is 8.97. The summed E-state index contributed by atoms with van der Waals surface area (Å²) in [6.45, 7) is 5.83. The first kappa shape index (κ1) is 13.8. The number of pyridine rings is 1. The molecule has 0 radical (unpaired) electrons. The zero-order valence-electron chi connectivity index (χ0n) is 11.2. The minimum atomic E-state index is -0.493. The lowest BCUT2D eigenvalue weighted by Crippen LogP contribution is -2.31. The van der Waals surface area contributed by atoms with Gasteiger partial charge in [-0.05, 0) is 24.5 Å². The van der Waals surface area contributed by atoms with Crippen LogP contribution in [0.1, 0.15) is 31.3 Å². The average Bonchev–Trinajstić information content (AvgIpc) is 2.69. The van der Waals surface area contributed by atoms with Crippen molar-refractivity contribution in [1.29, 1.82) is 0 Å². The summed E-state index contributed by atoms with van der Waals surface area (Å²) in [7, 11) is 0. The minimum Gasteiger partial charge on any atom is -0.368 e. The molecule has 0 saturated carbocycles. The fraction of sp³-hybridized carbons (Fsp3) is 0.462. The summed E-state index contributed by atoms with van der Waals surface area (Å²) in [5, 5.41) is 0. The molecule has 2 N–H and O–H groups in total. The van der Waals surface area contributed by atoms with E-state index in [4.69, 9.17) is 17.3 Å². The number of amides is 1. The number of hydrogen-bond acceptors (Lipinski definition) is 3. The number of aromatic nitrogens is 3. The molecule has 1 atom stereocenters. The molecule has 2 aromatic heterocycles. The molecular formula is C13H17ClN4O. The highest BCUT2D eigenvalue weighted by atomic mass is 35.5. The van der Waals surface area contributed by atoms with E-state index in [9.17, 15) is 4.79 Å². The van der Waals surface area contributed by atoms with E-state index in [1.807, 2.05) is 26.8 Å². The summed E-state index contributed by atoms with van der Waals surface area (Å²) >= 11 is 5.95. The van der Waals surface area contributed by atoms with Crippen molar-refractivity contribution in [3.05, 3.63) is 23.7 Å². The van der Waals surface area contributed by atoms with Gasteiger partial charge in [-0.3, -0.25) is 9.36 Å². The molecule has 0 aliphatic heterocycles. The Bertz CT molecular complexity index is 620. The van der Waals surface area contributed by atoms with E-state index >= 15 is 0 Å². The van der Waals surface area contributed by atoms with Gasteiger partial charge < -0.3 is 5.73 Å². The molecule has 5 nitrogen and oxygen atoms in total. The van der Waals surface area contributed by atoms with Crippen molar-refractivity contribution in [2.45, 2.75) is 32.7 Å². The first-order valence-electron chi connectivity index (χ1n) is 6.15.